The minimum Gasteiger partial charge on any atom is -0.397 e. The van der Waals surface area contributed by atoms with Crippen LogP contribution >= 0.6 is 0 Å². The van der Waals surface area contributed by atoms with Crippen molar-refractivity contribution in [2.75, 3.05) is 31.2 Å². The predicted octanol–water partition coefficient (Wildman–Crippen LogP) is 2.58. The molecule has 0 unspecified atom stereocenters. The summed E-state index contributed by atoms with van der Waals surface area (Å²) >= 11 is 0. The van der Waals surface area contributed by atoms with Crippen LogP contribution in [-0.2, 0) is 4.79 Å². The van der Waals surface area contributed by atoms with Crippen molar-refractivity contribution in [1.29, 1.82) is 0 Å². The van der Waals surface area contributed by atoms with Gasteiger partial charge in [-0.3, -0.25) is 4.79 Å². The van der Waals surface area contributed by atoms with Gasteiger partial charge in [0, 0.05) is 19.5 Å². The van der Waals surface area contributed by atoms with Crippen LogP contribution in [0.15, 0.2) is 24.3 Å². The van der Waals surface area contributed by atoms with Gasteiger partial charge in [0.1, 0.15) is 0 Å². The molecule has 0 radical (unpaired) electrons. The first-order valence-electron chi connectivity index (χ1n) is 6.61. The van der Waals surface area contributed by atoms with E-state index in [1.807, 2.05) is 25.2 Å². The largest absolute Gasteiger partial charge is 0.397 e. The van der Waals surface area contributed by atoms with Crippen LogP contribution in [0.1, 0.15) is 27.2 Å². The molecule has 0 aromatic heterocycles. The molecular weight excluding hydrogens is 238 g/mol. The van der Waals surface area contributed by atoms with Crippen LogP contribution < -0.4 is 11.1 Å². The molecule has 19 heavy (non-hydrogen) atoms. The van der Waals surface area contributed by atoms with Crippen molar-refractivity contribution >= 4 is 17.3 Å². The van der Waals surface area contributed by atoms with Gasteiger partial charge in [-0.05, 0) is 24.6 Å². The van der Waals surface area contributed by atoms with Crippen molar-refractivity contribution in [3.05, 3.63) is 24.3 Å². The zero-order valence-electron chi connectivity index (χ0n) is 12.4. The summed E-state index contributed by atoms with van der Waals surface area (Å²) in [5, 5.41) is 2.84. The maximum atomic E-state index is 11.8. The van der Waals surface area contributed by atoms with E-state index in [9.17, 15) is 4.79 Å². The normalized spacial score (nSPS) is 11.6. The second-order valence-electron chi connectivity index (χ2n) is 6.18. The average Bonchev–Trinajstić information content (AvgIpc) is 2.27. The third kappa shape index (κ3) is 6.25. The molecule has 0 aliphatic carbocycles. The highest BCUT2D eigenvalue weighted by Crippen LogP contribution is 2.17. The number of nitrogens with zero attached hydrogens (tertiary/aromatic N) is 1. The molecular formula is C15H25N3O. The molecule has 0 aliphatic rings. The lowest BCUT2D eigenvalue weighted by atomic mass is 9.96. The number of hydrogen-bond acceptors (Lipinski definition) is 3. The number of amides is 1. The fraction of sp³-hybridized carbons (Fsp3) is 0.533. The summed E-state index contributed by atoms with van der Waals surface area (Å²) in [7, 11) is 2.04. The molecule has 0 bridgehead atoms. The lowest BCUT2D eigenvalue weighted by Crippen LogP contribution is -2.31. The van der Waals surface area contributed by atoms with E-state index in [1.165, 1.54) is 0 Å². The van der Waals surface area contributed by atoms with Gasteiger partial charge in [-0.1, -0.05) is 32.9 Å². The predicted molar refractivity (Wildman–Crippen MR) is 81.1 cm³/mol. The third-order valence-corrected chi connectivity index (χ3v) is 2.70. The van der Waals surface area contributed by atoms with Crippen molar-refractivity contribution in [3.63, 3.8) is 0 Å². The summed E-state index contributed by atoms with van der Waals surface area (Å²) in [5.74, 6) is -0.00124. The standard InChI is InChI=1S/C15H25N3O/c1-15(2,3)11-18(4)10-9-14(19)17-13-8-6-5-7-12(13)16/h5-8H,9-11,16H2,1-4H3,(H,17,19). The maximum Gasteiger partial charge on any atom is 0.225 e. The first-order chi connectivity index (χ1) is 8.78. The van der Waals surface area contributed by atoms with Crippen LogP contribution in [0, 0.1) is 5.41 Å². The molecule has 1 amide bonds. The Morgan fingerprint density at radius 1 is 1.32 bits per heavy atom. The maximum absolute atomic E-state index is 11.8. The second kappa shape index (κ2) is 6.57. The Hall–Kier alpha value is -1.55. The highest BCUT2D eigenvalue weighted by Gasteiger charge is 2.14. The number of hydrogen-bond donors (Lipinski definition) is 2. The Kier molecular flexibility index (Phi) is 5.36. The summed E-state index contributed by atoms with van der Waals surface area (Å²) in [4.78, 5) is 14.0. The van der Waals surface area contributed by atoms with Crippen molar-refractivity contribution in [3.8, 4) is 0 Å². The van der Waals surface area contributed by atoms with Crippen LogP contribution in [0.25, 0.3) is 0 Å². The Labute approximate surface area is 116 Å². The molecule has 4 heteroatoms. The van der Waals surface area contributed by atoms with Crippen molar-refractivity contribution < 1.29 is 4.79 Å². The highest BCUT2D eigenvalue weighted by molar-refractivity contribution is 5.93. The van der Waals surface area contributed by atoms with E-state index in [-0.39, 0.29) is 11.3 Å². The molecule has 0 heterocycles. The Morgan fingerprint density at radius 3 is 2.53 bits per heavy atom. The van der Waals surface area contributed by atoms with Crippen molar-refractivity contribution in [1.82, 2.24) is 4.90 Å². The van der Waals surface area contributed by atoms with Crippen LogP contribution in [0.4, 0.5) is 11.4 Å². The van der Waals surface area contributed by atoms with Crippen LogP contribution in [0.5, 0.6) is 0 Å². The van der Waals surface area contributed by atoms with Gasteiger partial charge in [-0.15, -0.1) is 0 Å². The van der Waals surface area contributed by atoms with E-state index in [0.29, 0.717) is 17.8 Å². The topological polar surface area (TPSA) is 58.4 Å². The molecule has 0 spiro atoms. The van der Waals surface area contributed by atoms with E-state index >= 15 is 0 Å². The Bertz CT molecular complexity index is 424. The quantitative estimate of drug-likeness (QED) is 0.803. The number of nitrogen functional groups attached to an aromatic ring is 1. The molecule has 0 fully saturated rings. The zero-order chi connectivity index (χ0) is 14.5. The van der Waals surface area contributed by atoms with E-state index < -0.39 is 0 Å². The number of benzene rings is 1. The van der Waals surface area contributed by atoms with Gasteiger partial charge in [-0.25, -0.2) is 0 Å². The SMILES string of the molecule is CN(CCC(=O)Nc1ccccc1N)CC(C)(C)C. The van der Waals surface area contributed by atoms with E-state index in [1.54, 1.807) is 6.07 Å². The van der Waals surface area contributed by atoms with E-state index in [2.05, 4.69) is 31.0 Å². The molecule has 4 nitrogen and oxygen atoms in total. The monoisotopic (exact) mass is 263 g/mol. The average molecular weight is 263 g/mol. The molecule has 0 aliphatic heterocycles. The van der Waals surface area contributed by atoms with Gasteiger partial charge in [0.05, 0.1) is 11.4 Å². The fourth-order valence-corrected chi connectivity index (χ4v) is 2.00. The smallest absolute Gasteiger partial charge is 0.225 e. The third-order valence-electron chi connectivity index (χ3n) is 2.70. The first-order valence-corrected chi connectivity index (χ1v) is 6.61. The number of para-hydroxylation sites is 2. The molecule has 1 rings (SSSR count). The lowest BCUT2D eigenvalue weighted by molar-refractivity contribution is -0.116. The number of anilines is 2. The highest BCUT2D eigenvalue weighted by atomic mass is 16.1. The molecule has 1 aromatic rings. The molecule has 0 atom stereocenters. The van der Waals surface area contributed by atoms with Gasteiger partial charge in [0.2, 0.25) is 5.91 Å². The molecule has 1 aromatic carbocycles. The Morgan fingerprint density at radius 2 is 1.95 bits per heavy atom. The van der Waals surface area contributed by atoms with Gasteiger partial charge in [-0.2, -0.15) is 0 Å². The van der Waals surface area contributed by atoms with Crippen LogP contribution in [0.2, 0.25) is 0 Å². The van der Waals surface area contributed by atoms with Crippen molar-refractivity contribution in [2.24, 2.45) is 5.41 Å². The number of rotatable bonds is 5. The zero-order valence-corrected chi connectivity index (χ0v) is 12.4. The molecule has 106 valence electrons. The van der Waals surface area contributed by atoms with E-state index in [0.717, 1.165) is 13.1 Å². The first kappa shape index (κ1) is 15.5. The fourth-order valence-electron chi connectivity index (χ4n) is 2.00. The minimum atomic E-state index is -0.00124. The van der Waals surface area contributed by atoms with Gasteiger partial charge >= 0.3 is 0 Å². The minimum absolute atomic E-state index is 0.00124. The van der Waals surface area contributed by atoms with E-state index in [4.69, 9.17) is 5.73 Å². The van der Waals surface area contributed by atoms with Gasteiger partial charge in [0.15, 0.2) is 0 Å². The summed E-state index contributed by atoms with van der Waals surface area (Å²) in [6.07, 6.45) is 0.473. The van der Waals surface area contributed by atoms with Gasteiger partial charge < -0.3 is 16.0 Å². The number of carbonyl (C=O) groups excluding carboxylic acids is 1. The van der Waals surface area contributed by atoms with Crippen LogP contribution in [-0.4, -0.2) is 30.9 Å². The Balaban J connectivity index is 2.38. The molecule has 3 N–H and O–H groups in total. The summed E-state index contributed by atoms with van der Waals surface area (Å²) < 4.78 is 0. The molecule has 0 saturated heterocycles. The number of nitrogens with two attached hydrogens (primary N) is 1. The summed E-state index contributed by atoms with van der Waals surface area (Å²) in [6.45, 7) is 8.28. The van der Waals surface area contributed by atoms with Crippen molar-refractivity contribution in [2.45, 2.75) is 27.2 Å². The summed E-state index contributed by atoms with van der Waals surface area (Å²) in [5.41, 5.74) is 7.31. The second-order valence-corrected chi connectivity index (χ2v) is 6.18. The van der Waals surface area contributed by atoms with Gasteiger partial charge in [0.25, 0.3) is 0 Å². The van der Waals surface area contributed by atoms with Crippen LogP contribution in [0.3, 0.4) is 0 Å². The number of carbonyl (C=O) groups is 1. The summed E-state index contributed by atoms with van der Waals surface area (Å²) in [6, 6.07) is 7.30. The number of nitrogens with one attached hydrogen (secondary N) is 1. The molecule has 0 saturated carbocycles. The lowest BCUT2D eigenvalue weighted by Gasteiger charge is -2.26.